The van der Waals surface area contributed by atoms with E-state index >= 15 is 0 Å². The molecule has 0 aliphatic carbocycles. The van der Waals surface area contributed by atoms with E-state index in [-0.39, 0.29) is 17.6 Å². The zero-order valence-electron chi connectivity index (χ0n) is 12.2. The summed E-state index contributed by atoms with van der Waals surface area (Å²) in [6.07, 6.45) is 3.01. The van der Waals surface area contributed by atoms with Crippen molar-refractivity contribution in [1.29, 1.82) is 0 Å². The van der Waals surface area contributed by atoms with Crippen molar-refractivity contribution in [2.75, 3.05) is 0 Å². The monoisotopic (exact) mass is 313 g/mol. The predicted octanol–water partition coefficient (Wildman–Crippen LogP) is -0.485. The topological polar surface area (TPSA) is 118 Å². The Kier molecular flexibility index (Phi) is 4.70. The largest absolute Gasteiger partial charge is 0.310 e. The van der Waals surface area contributed by atoms with Crippen molar-refractivity contribution >= 4 is 10.0 Å². The molecule has 0 amide bonds. The highest BCUT2D eigenvalue weighted by Crippen LogP contribution is 2.12. The summed E-state index contributed by atoms with van der Waals surface area (Å²) in [6, 6.07) is 0.251. The summed E-state index contributed by atoms with van der Waals surface area (Å²) in [5.41, 5.74) is 0.588. The number of aromatic nitrogens is 5. The second-order valence-electron chi connectivity index (χ2n) is 4.92. The quantitative estimate of drug-likeness (QED) is 0.635. The standard InChI is InChI=1S/C11H19N7O2S/c1-8(2)12-4-9-5-14-16-11(9)21(19,20)15-6-10-13-7-18(3)17-10/h5,7-8,12,15H,4,6H2,1-3H3,(H,14,16). The highest BCUT2D eigenvalue weighted by molar-refractivity contribution is 7.89. The van der Waals surface area contributed by atoms with E-state index in [1.54, 1.807) is 7.05 Å². The zero-order valence-corrected chi connectivity index (χ0v) is 13.0. The Bertz CT molecular complexity index is 689. The fourth-order valence-corrected chi connectivity index (χ4v) is 2.77. The average Bonchev–Trinajstić information content (AvgIpc) is 3.03. The lowest BCUT2D eigenvalue weighted by atomic mass is 10.3. The van der Waals surface area contributed by atoms with Gasteiger partial charge in [0.05, 0.1) is 12.7 Å². The summed E-state index contributed by atoms with van der Waals surface area (Å²) in [4.78, 5) is 3.97. The van der Waals surface area contributed by atoms with Gasteiger partial charge in [-0.15, -0.1) is 0 Å². The third-order valence-corrected chi connectivity index (χ3v) is 4.13. The highest BCUT2D eigenvalue weighted by Gasteiger charge is 2.21. The molecule has 0 atom stereocenters. The van der Waals surface area contributed by atoms with E-state index in [1.807, 2.05) is 13.8 Å². The van der Waals surface area contributed by atoms with Crippen LogP contribution in [0.25, 0.3) is 0 Å². The van der Waals surface area contributed by atoms with Crippen LogP contribution >= 0.6 is 0 Å². The molecule has 0 unspecified atom stereocenters. The molecule has 0 aliphatic rings. The third-order valence-electron chi connectivity index (χ3n) is 2.71. The molecule has 2 aromatic heterocycles. The number of sulfonamides is 1. The Balaban J connectivity index is 2.07. The molecule has 2 rings (SSSR count). The number of hydrogen-bond donors (Lipinski definition) is 3. The lowest BCUT2D eigenvalue weighted by Crippen LogP contribution is -2.27. The average molecular weight is 313 g/mol. The number of hydrogen-bond acceptors (Lipinski definition) is 6. The molecule has 116 valence electrons. The normalized spacial score (nSPS) is 12.2. The third kappa shape index (κ3) is 4.09. The van der Waals surface area contributed by atoms with Crippen LogP contribution in [0.3, 0.4) is 0 Å². The molecule has 0 aromatic carbocycles. The summed E-state index contributed by atoms with van der Waals surface area (Å²) in [6.45, 7) is 4.42. The van der Waals surface area contributed by atoms with E-state index in [1.165, 1.54) is 17.2 Å². The molecule has 10 heteroatoms. The first-order valence-electron chi connectivity index (χ1n) is 6.48. The van der Waals surface area contributed by atoms with Gasteiger partial charge in [-0.3, -0.25) is 9.78 Å². The van der Waals surface area contributed by atoms with Gasteiger partial charge in [0, 0.05) is 25.2 Å². The maximum absolute atomic E-state index is 12.3. The van der Waals surface area contributed by atoms with Gasteiger partial charge in [-0.25, -0.2) is 18.1 Å². The molecule has 0 saturated carbocycles. The smallest absolute Gasteiger partial charge is 0.258 e. The number of nitrogens with zero attached hydrogens (tertiary/aromatic N) is 4. The van der Waals surface area contributed by atoms with E-state index in [0.717, 1.165) is 0 Å². The van der Waals surface area contributed by atoms with Crippen LogP contribution in [0.1, 0.15) is 25.2 Å². The summed E-state index contributed by atoms with van der Waals surface area (Å²) in [5.74, 6) is 0.405. The van der Waals surface area contributed by atoms with Crippen molar-refractivity contribution in [2.45, 2.75) is 38.0 Å². The fourth-order valence-electron chi connectivity index (χ4n) is 1.67. The fraction of sp³-hybridized carbons (Fsp3) is 0.545. The SMILES string of the molecule is CC(C)NCc1cn[nH]c1S(=O)(=O)NCc1ncn(C)n1. The van der Waals surface area contributed by atoms with Crippen molar-refractivity contribution < 1.29 is 8.42 Å². The molecule has 2 heterocycles. The molecule has 0 radical (unpaired) electrons. The van der Waals surface area contributed by atoms with Gasteiger partial charge in [-0.05, 0) is 0 Å². The minimum Gasteiger partial charge on any atom is -0.310 e. The first-order valence-corrected chi connectivity index (χ1v) is 7.96. The number of aromatic amines is 1. The Morgan fingerprint density at radius 2 is 2.14 bits per heavy atom. The molecule has 0 spiro atoms. The van der Waals surface area contributed by atoms with Crippen molar-refractivity contribution in [3.63, 3.8) is 0 Å². The first-order chi connectivity index (χ1) is 9.88. The second kappa shape index (κ2) is 6.33. The number of aryl methyl sites for hydroxylation is 1. The van der Waals surface area contributed by atoms with Crippen LogP contribution in [0.4, 0.5) is 0 Å². The van der Waals surface area contributed by atoms with E-state index in [2.05, 4.69) is 30.3 Å². The van der Waals surface area contributed by atoms with Crippen molar-refractivity contribution in [1.82, 2.24) is 35.0 Å². The minimum absolute atomic E-state index is 0.0270. The maximum Gasteiger partial charge on any atom is 0.258 e. The zero-order chi connectivity index (χ0) is 15.5. The molecule has 2 aromatic rings. The summed E-state index contributed by atoms with van der Waals surface area (Å²) in [7, 11) is -1.96. The molecule has 9 nitrogen and oxygen atoms in total. The number of rotatable bonds is 7. The van der Waals surface area contributed by atoms with E-state index in [9.17, 15) is 8.42 Å². The van der Waals surface area contributed by atoms with E-state index < -0.39 is 10.0 Å². The van der Waals surface area contributed by atoms with Gasteiger partial charge >= 0.3 is 0 Å². The van der Waals surface area contributed by atoms with Gasteiger partial charge in [0.1, 0.15) is 6.33 Å². The van der Waals surface area contributed by atoms with Crippen LogP contribution in [0.2, 0.25) is 0 Å². The van der Waals surface area contributed by atoms with Gasteiger partial charge < -0.3 is 5.32 Å². The van der Waals surface area contributed by atoms with Crippen LogP contribution in [0.15, 0.2) is 17.6 Å². The number of H-pyrrole nitrogens is 1. The van der Waals surface area contributed by atoms with E-state index in [4.69, 9.17) is 0 Å². The molecular weight excluding hydrogens is 294 g/mol. The summed E-state index contributed by atoms with van der Waals surface area (Å²) in [5, 5.41) is 13.6. The molecule has 21 heavy (non-hydrogen) atoms. The molecule has 0 aliphatic heterocycles. The van der Waals surface area contributed by atoms with Crippen molar-refractivity contribution in [3.8, 4) is 0 Å². The van der Waals surface area contributed by atoms with Gasteiger partial charge in [0.25, 0.3) is 10.0 Å². The predicted molar refractivity (Wildman–Crippen MR) is 75.6 cm³/mol. The molecule has 0 saturated heterocycles. The van der Waals surface area contributed by atoms with Gasteiger partial charge in [0.15, 0.2) is 10.9 Å². The highest BCUT2D eigenvalue weighted by atomic mass is 32.2. The van der Waals surface area contributed by atoms with Crippen molar-refractivity contribution in [3.05, 3.63) is 23.9 Å². The lowest BCUT2D eigenvalue weighted by molar-refractivity contribution is 0.563. The Morgan fingerprint density at radius 1 is 1.38 bits per heavy atom. The molecular formula is C11H19N7O2S. The lowest BCUT2D eigenvalue weighted by Gasteiger charge is -2.09. The first kappa shape index (κ1) is 15.6. The molecule has 0 bridgehead atoms. The van der Waals surface area contributed by atoms with Gasteiger partial charge in [-0.2, -0.15) is 10.2 Å². The molecule has 0 fully saturated rings. The minimum atomic E-state index is -3.68. The Labute approximate surface area is 123 Å². The molecule has 3 N–H and O–H groups in total. The number of nitrogens with one attached hydrogen (secondary N) is 3. The van der Waals surface area contributed by atoms with Gasteiger partial charge in [0.2, 0.25) is 0 Å². The van der Waals surface area contributed by atoms with Crippen molar-refractivity contribution in [2.24, 2.45) is 7.05 Å². The van der Waals surface area contributed by atoms with Gasteiger partial charge in [-0.1, -0.05) is 13.8 Å². The van der Waals surface area contributed by atoms with Crippen LogP contribution < -0.4 is 10.0 Å². The van der Waals surface area contributed by atoms with Crippen LogP contribution in [-0.4, -0.2) is 39.4 Å². The second-order valence-corrected chi connectivity index (χ2v) is 6.62. The summed E-state index contributed by atoms with van der Waals surface area (Å²) < 4.78 is 28.5. The maximum atomic E-state index is 12.3. The van der Waals surface area contributed by atoms with Crippen LogP contribution in [-0.2, 0) is 30.2 Å². The van der Waals surface area contributed by atoms with E-state index in [0.29, 0.717) is 17.9 Å². The van der Waals surface area contributed by atoms with Crippen LogP contribution in [0.5, 0.6) is 0 Å². The Morgan fingerprint density at radius 3 is 2.76 bits per heavy atom. The Hall–Kier alpha value is -1.78. The summed E-state index contributed by atoms with van der Waals surface area (Å²) >= 11 is 0. The van der Waals surface area contributed by atoms with Crippen LogP contribution in [0, 0.1) is 0 Å².